The molecule has 4 atom stereocenters. The van der Waals surface area contributed by atoms with Gasteiger partial charge in [0.2, 0.25) is 11.8 Å². The van der Waals surface area contributed by atoms with Gasteiger partial charge in [0.05, 0.1) is 18.6 Å². The van der Waals surface area contributed by atoms with Crippen LogP contribution in [-0.4, -0.2) is 64.9 Å². The zero-order chi connectivity index (χ0) is 23.5. The fourth-order valence-electron chi connectivity index (χ4n) is 4.65. The van der Waals surface area contributed by atoms with Crippen LogP contribution in [0.3, 0.4) is 0 Å². The molecule has 33 heavy (non-hydrogen) atoms. The fourth-order valence-corrected chi connectivity index (χ4v) is 4.65. The van der Waals surface area contributed by atoms with Crippen LogP contribution in [0, 0.1) is 5.82 Å². The molecule has 1 aliphatic carbocycles. The molecule has 0 spiro atoms. The van der Waals surface area contributed by atoms with Crippen molar-refractivity contribution in [2.75, 3.05) is 19.7 Å². The normalized spacial score (nSPS) is 23.1. The van der Waals surface area contributed by atoms with E-state index in [4.69, 9.17) is 9.84 Å². The SMILES string of the molecule is CC(=O)N(CCc1cccc(F)c1)C1C=C(C(=O)NCCO)C2c3ccccc3OC2C1O. The van der Waals surface area contributed by atoms with Gasteiger partial charge in [-0.2, -0.15) is 0 Å². The summed E-state index contributed by atoms with van der Waals surface area (Å²) in [4.78, 5) is 27.1. The maximum Gasteiger partial charge on any atom is 0.247 e. The number of fused-ring (bicyclic) bond motifs is 3. The van der Waals surface area contributed by atoms with Crippen LogP contribution >= 0.6 is 0 Å². The third-order valence-corrected chi connectivity index (χ3v) is 6.17. The fraction of sp³-hybridized carbons (Fsp3) is 0.360. The predicted octanol–water partition coefficient (Wildman–Crippen LogP) is 1.54. The number of aliphatic hydroxyl groups excluding tert-OH is 2. The summed E-state index contributed by atoms with van der Waals surface area (Å²) in [6.45, 7) is 1.50. The number of benzene rings is 2. The van der Waals surface area contributed by atoms with E-state index in [9.17, 15) is 19.1 Å². The lowest BCUT2D eigenvalue weighted by Gasteiger charge is -2.40. The highest BCUT2D eigenvalue weighted by Crippen LogP contribution is 2.47. The molecule has 3 N–H and O–H groups in total. The van der Waals surface area contributed by atoms with E-state index < -0.39 is 24.2 Å². The zero-order valence-corrected chi connectivity index (χ0v) is 18.3. The Morgan fingerprint density at radius 3 is 2.70 bits per heavy atom. The minimum absolute atomic E-state index is 0.0826. The molecular weight excluding hydrogens is 427 g/mol. The standard InChI is InChI=1S/C25H27FN2O5/c1-15(30)28(11-9-16-5-4-6-17(26)13-16)20-14-19(25(32)27-10-12-29)22-18-7-2-3-8-21(18)33-24(22)23(20)31/h2-8,13-14,20,22-24,29,31H,9-12H2,1H3,(H,27,32). The molecule has 2 amide bonds. The van der Waals surface area contributed by atoms with Gasteiger partial charge in [0, 0.05) is 31.1 Å². The number of hydrogen-bond donors (Lipinski definition) is 3. The van der Waals surface area contributed by atoms with Gasteiger partial charge in [-0.3, -0.25) is 9.59 Å². The Bertz CT molecular complexity index is 1070. The van der Waals surface area contributed by atoms with E-state index in [0.29, 0.717) is 17.7 Å². The number of carbonyl (C=O) groups excluding carboxylic acids is 2. The van der Waals surface area contributed by atoms with Gasteiger partial charge in [0.25, 0.3) is 0 Å². The van der Waals surface area contributed by atoms with Gasteiger partial charge >= 0.3 is 0 Å². The van der Waals surface area contributed by atoms with E-state index in [1.165, 1.54) is 24.0 Å². The van der Waals surface area contributed by atoms with Gasteiger partial charge in [0.15, 0.2) is 0 Å². The van der Waals surface area contributed by atoms with E-state index in [0.717, 1.165) is 11.1 Å². The summed E-state index contributed by atoms with van der Waals surface area (Å²) < 4.78 is 19.6. The summed E-state index contributed by atoms with van der Waals surface area (Å²) in [7, 11) is 0. The average molecular weight is 454 g/mol. The highest BCUT2D eigenvalue weighted by molar-refractivity contribution is 5.96. The van der Waals surface area contributed by atoms with Crippen LogP contribution in [-0.2, 0) is 16.0 Å². The topological polar surface area (TPSA) is 99.1 Å². The second-order valence-electron chi connectivity index (χ2n) is 8.27. The van der Waals surface area contributed by atoms with Crippen molar-refractivity contribution >= 4 is 11.8 Å². The largest absolute Gasteiger partial charge is 0.486 e. The Morgan fingerprint density at radius 1 is 1.18 bits per heavy atom. The molecule has 2 aliphatic rings. The van der Waals surface area contributed by atoms with Gasteiger partial charge in [-0.15, -0.1) is 0 Å². The molecule has 1 aliphatic heterocycles. The van der Waals surface area contributed by atoms with Gasteiger partial charge in [0.1, 0.15) is 23.8 Å². The third kappa shape index (κ3) is 4.62. The second-order valence-corrected chi connectivity index (χ2v) is 8.27. The Kier molecular flexibility index (Phi) is 6.76. The zero-order valence-electron chi connectivity index (χ0n) is 18.3. The lowest BCUT2D eigenvalue weighted by atomic mass is 9.77. The van der Waals surface area contributed by atoms with Crippen molar-refractivity contribution in [2.24, 2.45) is 0 Å². The number of para-hydroxylation sites is 1. The number of rotatable bonds is 7. The van der Waals surface area contributed by atoms with Crippen LogP contribution in [0.25, 0.3) is 0 Å². The summed E-state index contributed by atoms with van der Waals surface area (Å²) >= 11 is 0. The van der Waals surface area contributed by atoms with Crippen molar-refractivity contribution in [3.8, 4) is 5.75 Å². The lowest BCUT2D eigenvalue weighted by molar-refractivity contribution is -0.134. The maximum absolute atomic E-state index is 13.6. The molecule has 0 saturated carbocycles. The number of carbonyl (C=O) groups is 2. The van der Waals surface area contributed by atoms with Crippen LogP contribution < -0.4 is 10.1 Å². The smallest absolute Gasteiger partial charge is 0.247 e. The maximum atomic E-state index is 13.6. The first-order valence-electron chi connectivity index (χ1n) is 11.0. The first-order valence-corrected chi connectivity index (χ1v) is 11.0. The van der Waals surface area contributed by atoms with Crippen molar-refractivity contribution in [2.45, 2.75) is 37.5 Å². The van der Waals surface area contributed by atoms with E-state index in [1.54, 1.807) is 24.3 Å². The minimum Gasteiger partial charge on any atom is -0.486 e. The first-order chi connectivity index (χ1) is 15.9. The molecular formula is C25H27FN2O5. The van der Waals surface area contributed by atoms with E-state index >= 15 is 0 Å². The van der Waals surface area contributed by atoms with Crippen LogP contribution in [0.5, 0.6) is 5.75 Å². The highest BCUT2D eigenvalue weighted by Gasteiger charge is 2.50. The molecule has 8 heteroatoms. The summed E-state index contributed by atoms with van der Waals surface area (Å²) in [5.74, 6) is -0.937. The van der Waals surface area contributed by atoms with E-state index in [-0.39, 0.29) is 37.3 Å². The molecule has 4 rings (SSSR count). The summed E-state index contributed by atoms with van der Waals surface area (Å²) in [5, 5.41) is 23.1. The van der Waals surface area contributed by atoms with Crippen molar-refractivity contribution in [1.82, 2.24) is 10.2 Å². The molecule has 0 aromatic heterocycles. The monoisotopic (exact) mass is 454 g/mol. The summed E-state index contributed by atoms with van der Waals surface area (Å²) in [6.07, 6.45) is 0.184. The summed E-state index contributed by atoms with van der Waals surface area (Å²) in [5.41, 5.74) is 1.89. The summed E-state index contributed by atoms with van der Waals surface area (Å²) in [6, 6.07) is 12.6. The van der Waals surface area contributed by atoms with Crippen molar-refractivity contribution in [3.63, 3.8) is 0 Å². The van der Waals surface area contributed by atoms with Gasteiger partial charge in [-0.1, -0.05) is 30.3 Å². The number of hydrogen-bond acceptors (Lipinski definition) is 5. The molecule has 0 radical (unpaired) electrons. The highest BCUT2D eigenvalue weighted by atomic mass is 19.1. The van der Waals surface area contributed by atoms with Crippen molar-refractivity contribution in [1.29, 1.82) is 0 Å². The van der Waals surface area contributed by atoms with Crippen LogP contribution in [0.1, 0.15) is 24.0 Å². The number of ether oxygens (including phenoxy) is 1. The van der Waals surface area contributed by atoms with Gasteiger partial charge in [-0.25, -0.2) is 4.39 Å². The molecule has 1 heterocycles. The Hall–Kier alpha value is -3.23. The Morgan fingerprint density at radius 2 is 1.97 bits per heavy atom. The third-order valence-electron chi connectivity index (χ3n) is 6.17. The van der Waals surface area contributed by atoms with Crippen molar-refractivity contribution < 1.29 is 28.9 Å². The molecule has 7 nitrogen and oxygen atoms in total. The first kappa shape index (κ1) is 22.9. The Labute approximate surface area is 191 Å². The number of aliphatic hydroxyl groups is 2. The average Bonchev–Trinajstić information content (AvgIpc) is 3.19. The number of nitrogens with one attached hydrogen (secondary N) is 1. The second kappa shape index (κ2) is 9.72. The minimum atomic E-state index is -1.08. The van der Waals surface area contributed by atoms with Crippen LogP contribution in [0.15, 0.2) is 60.2 Å². The quantitative estimate of drug-likeness (QED) is 0.590. The lowest BCUT2D eigenvalue weighted by Crippen LogP contribution is -2.55. The predicted molar refractivity (Wildman–Crippen MR) is 119 cm³/mol. The number of nitrogens with zero attached hydrogens (tertiary/aromatic N) is 1. The van der Waals surface area contributed by atoms with Crippen molar-refractivity contribution in [3.05, 3.63) is 77.1 Å². The van der Waals surface area contributed by atoms with Crippen LogP contribution in [0.4, 0.5) is 4.39 Å². The molecule has 0 saturated heterocycles. The molecule has 0 fully saturated rings. The number of halogens is 1. The molecule has 2 aromatic carbocycles. The molecule has 0 bridgehead atoms. The van der Waals surface area contributed by atoms with Gasteiger partial charge in [-0.05, 0) is 36.3 Å². The van der Waals surface area contributed by atoms with Gasteiger partial charge < -0.3 is 25.2 Å². The molecule has 2 aromatic rings. The van der Waals surface area contributed by atoms with E-state index in [1.807, 2.05) is 18.2 Å². The Balaban J connectivity index is 1.67. The van der Waals surface area contributed by atoms with Crippen LogP contribution in [0.2, 0.25) is 0 Å². The number of amides is 2. The molecule has 174 valence electrons. The van der Waals surface area contributed by atoms with E-state index in [2.05, 4.69) is 5.32 Å². The molecule has 4 unspecified atom stereocenters.